The van der Waals surface area contributed by atoms with Gasteiger partial charge < -0.3 is 18.9 Å². The van der Waals surface area contributed by atoms with Gasteiger partial charge in [-0.25, -0.2) is 9.79 Å². The SMILES string of the molecule is CCOc1ccc([C@@H]2C(C(=O)OC)=CN=c3s/c(=C/c4cccc(OCc5ccc(Cl)cc5Cl)c4)c(=O)n32)cc1OCC. The van der Waals surface area contributed by atoms with Crippen LogP contribution in [0.1, 0.15) is 36.6 Å². The molecule has 222 valence electrons. The van der Waals surface area contributed by atoms with Crippen molar-refractivity contribution in [3.05, 3.63) is 119 Å². The van der Waals surface area contributed by atoms with Gasteiger partial charge in [0, 0.05) is 21.8 Å². The molecule has 0 unspecified atom stereocenters. The molecule has 0 amide bonds. The lowest BCUT2D eigenvalue weighted by Crippen LogP contribution is -2.39. The summed E-state index contributed by atoms with van der Waals surface area (Å²) in [6.45, 7) is 4.89. The molecule has 5 rings (SSSR count). The molecule has 0 bridgehead atoms. The number of hydrogen-bond acceptors (Lipinski definition) is 8. The van der Waals surface area contributed by atoms with Gasteiger partial charge in [0.15, 0.2) is 16.3 Å². The van der Waals surface area contributed by atoms with Gasteiger partial charge in [0.25, 0.3) is 5.56 Å². The monoisotopic (exact) mass is 638 g/mol. The number of benzene rings is 3. The quantitative estimate of drug-likeness (QED) is 0.207. The first-order valence-electron chi connectivity index (χ1n) is 13.5. The van der Waals surface area contributed by atoms with E-state index >= 15 is 0 Å². The van der Waals surface area contributed by atoms with E-state index in [0.717, 1.165) is 11.1 Å². The van der Waals surface area contributed by atoms with Crippen LogP contribution >= 0.6 is 34.5 Å². The van der Waals surface area contributed by atoms with Crippen LogP contribution < -0.4 is 29.1 Å². The molecule has 1 aromatic heterocycles. The molecule has 0 radical (unpaired) electrons. The number of nitrogens with zero attached hydrogens (tertiary/aromatic N) is 2. The summed E-state index contributed by atoms with van der Waals surface area (Å²) in [5, 5.41) is 1.07. The second-order valence-electron chi connectivity index (χ2n) is 9.35. The largest absolute Gasteiger partial charge is 0.490 e. The Bertz CT molecular complexity index is 1880. The van der Waals surface area contributed by atoms with Crippen LogP contribution in [0.5, 0.6) is 17.2 Å². The molecule has 0 aliphatic carbocycles. The summed E-state index contributed by atoms with van der Waals surface area (Å²) in [5.41, 5.74) is 2.14. The summed E-state index contributed by atoms with van der Waals surface area (Å²) in [5.74, 6) is 1.11. The Balaban J connectivity index is 1.52. The Kier molecular flexibility index (Phi) is 9.55. The van der Waals surface area contributed by atoms with Crippen molar-refractivity contribution < 1.29 is 23.7 Å². The highest BCUT2D eigenvalue weighted by Crippen LogP contribution is 2.35. The first-order valence-corrected chi connectivity index (χ1v) is 15.1. The Morgan fingerprint density at radius 1 is 1.00 bits per heavy atom. The average Bonchev–Trinajstić information content (AvgIpc) is 3.31. The number of hydrogen-bond donors (Lipinski definition) is 0. The molecule has 3 aromatic carbocycles. The number of aromatic nitrogens is 1. The fraction of sp³-hybridized carbons (Fsp3) is 0.219. The zero-order valence-corrected chi connectivity index (χ0v) is 26.0. The number of ether oxygens (including phenoxy) is 4. The van der Waals surface area contributed by atoms with E-state index in [4.69, 9.17) is 42.1 Å². The van der Waals surface area contributed by atoms with Gasteiger partial charge >= 0.3 is 5.97 Å². The second kappa shape index (κ2) is 13.5. The van der Waals surface area contributed by atoms with Crippen LogP contribution in [0.4, 0.5) is 0 Å². The van der Waals surface area contributed by atoms with Gasteiger partial charge in [0.1, 0.15) is 12.4 Å². The maximum absolute atomic E-state index is 13.9. The second-order valence-corrected chi connectivity index (χ2v) is 11.2. The van der Waals surface area contributed by atoms with E-state index in [0.29, 0.717) is 55.4 Å². The maximum Gasteiger partial charge on any atom is 0.337 e. The molecule has 0 N–H and O–H groups in total. The van der Waals surface area contributed by atoms with Crippen molar-refractivity contribution in [2.75, 3.05) is 20.3 Å². The number of fused-ring (bicyclic) bond motifs is 1. The molecule has 0 saturated heterocycles. The maximum atomic E-state index is 13.9. The highest BCUT2D eigenvalue weighted by atomic mass is 35.5. The van der Waals surface area contributed by atoms with E-state index in [1.54, 1.807) is 30.3 Å². The normalized spacial score (nSPS) is 14.4. The summed E-state index contributed by atoms with van der Waals surface area (Å²) in [6, 6.07) is 17.2. The van der Waals surface area contributed by atoms with Crippen molar-refractivity contribution in [2.45, 2.75) is 26.5 Å². The van der Waals surface area contributed by atoms with Crippen molar-refractivity contribution in [1.29, 1.82) is 0 Å². The summed E-state index contributed by atoms with van der Waals surface area (Å²) in [4.78, 5) is 31.6. The van der Waals surface area contributed by atoms with E-state index in [9.17, 15) is 9.59 Å². The van der Waals surface area contributed by atoms with E-state index in [-0.39, 0.29) is 17.7 Å². The molecule has 43 heavy (non-hydrogen) atoms. The molecule has 8 nitrogen and oxygen atoms in total. The number of rotatable bonds is 10. The summed E-state index contributed by atoms with van der Waals surface area (Å²) >= 11 is 13.5. The minimum atomic E-state index is -0.778. The summed E-state index contributed by atoms with van der Waals surface area (Å²) in [6.07, 6.45) is 3.23. The number of halogens is 2. The van der Waals surface area contributed by atoms with Crippen LogP contribution in [-0.4, -0.2) is 30.9 Å². The molecule has 1 aliphatic heterocycles. The molecule has 1 atom stereocenters. The Morgan fingerprint density at radius 2 is 1.79 bits per heavy atom. The van der Waals surface area contributed by atoms with E-state index in [2.05, 4.69) is 4.99 Å². The van der Waals surface area contributed by atoms with Crippen LogP contribution in [0.2, 0.25) is 10.0 Å². The van der Waals surface area contributed by atoms with Gasteiger partial charge in [0.05, 0.1) is 36.5 Å². The van der Waals surface area contributed by atoms with Crippen LogP contribution in [-0.2, 0) is 16.1 Å². The molecule has 11 heteroatoms. The molecular formula is C32H28Cl2N2O6S. The Hall–Kier alpha value is -4.05. The number of thiazole rings is 1. The lowest BCUT2D eigenvalue weighted by atomic mass is 9.97. The minimum Gasteiger partial charge on any atom is -0.490 e. The Morgan fingerprint density at radius 3 is 2.53 bits per heavy atom. The van der Waals surface area contributed by atoms with Gasteiger partial charge in [-0.1, -0.05) is 58.8 Å². The van der Waals surface area contributed by atoms with Gasteiger partial charge in [0.2, 0.25) is 0 Å². The molecule has 4 aromatic rings. The third-order valence-electron chi connectivity index (χ3n) is 6.57. The molecule has 0 fully saturated rings. The lowest BCUT2D eigenvalue weighted by molar-refractivity contribution is -0.136. The van der Waals surface area contributed by atoms with Gasteiger partial charge in [-0.2, -0.15) is 0 Å². The smallest absolute Gasteiger partial charge is 0.337 e. The van der Waals surface area contributed by atoms with Crippen LogP contribution in [0.25, 0.3) is 6.08 Å². The summed E-state index contributed by atoms with van der Waals surface area (Å²) < 4.78 is 24.5. The fourth-order valence-electron chi connectivity index (χ4n) is 4.63. The predicted octanol–water partition coefficient (Wildman–Crippen LogP) is 5.70. The van der Waals surface area contributed by atoms with Crippen molar-refractivity contribution in [3.8, 4) is 17.2 Å². The average molecular weight is 640 g/mol. The third kappa shape index (κ3) is 6.64. The van der Waals surface area contributed by atoms with Gasteiger partial charge in [-0.05, 0) is 67.4 Å². The number of carbonyl (C=O) groups excluding carboxylic acids is 1. The predicted molar refractivity (Wildman–Crippen MR) is 167 cm³/mol. The minimum absolute atomic E-state index is 0.226. The topological polar surface area (TPSA) is 88.4 Å². The molecule has 0 spiro atoms. The van der Waals surface area contributed by atoms with Gasteiger partial charge in [-0.3, -0.25) is 9.36 Å². The van der Waals surface area contributed by atoms with Crippen molar-refractivity contribution in [1.82, 2.24) is 4.57 Å². The van der Waals surface area contributed by atoms with Gasteiger partial charge in [-0.15, -0.1) is 0 Å². The van der Waals surface area contributed by atoms with Crippen molar-refractivity contribution in [2.24, 2.45) is 4.99 Å². The number of carbonyl (C=O) groups is 1. The summed E-state index contributed by atoms with van der Waals surface area (Å²) in [7, 11) is 1.30. The highest BCUT2D eigenvalue weighted by molar-refractivity contribution is 7.07. The van der Waals surface area contributed by atoms with E-state index < -0.39 is 12.0 Å². The van der Waals surface area contributed by atoms with Crippen LogP contribution in [0.15, 0.2) is 82.2 Å². The van der Waals surface area contributed by atoms with Crippen molar-refractivity contribution in [3.63, 3.8) is 0 Å². The number of esters is 1. The third-order valence-corrected chi connectivity index (χ3v) is 8.16. The molecule has 1 aliphatic rings. The van der Waals surface area contributed by atoms with Crippen molar-refractivity contribution >= 4 is 46.6 Å². The first-order chi connectivity index (χ1) is 20.8. The molecule has 0 saturated carbocycles. The lowest BCUT2D eigenvalue weighted by Gasteiger charge is -2.23. The Labute approximate surface area is 262 Å². The van der Waals surface area contributed by atoms with E-state index in [1.165, 1.54) is 29.2 Å². The van der Waals surface area contributed by atoms with Crippen LogP contribution in [0.3, 0.4) is 0 Å². The molecular weight excluding hydrogens is 611 g/mol. The highest BCUT2D eigenvalue weighted by Gasteiger charge is 2.31. The standard InChI is InChI=1S/C32H28Cl2N2O6S/c1-4-40-26-12-10-20(15-27(26)41-5-2)29-24(31(38)39-3)17-35-32-36(29)30(37)28(43-32)14-19-7-6-8-23(13-19)42-18-21-9-11-22(33)16-25(21)34/h6-17,29H,4-5,18H2,1-3H3/b28-14+/t29-/m1/s1. The van der Waals surface area contributed by atoms with E-state index in [1.807, 2.05) is 50.2 Å². The molecule has 2 heterocycles. The zero-order valence-electron chi connectivity index (χ0n) is 23.6. The van der Waals surface area contributed by atoms with Crippen LogP contribution in [0, 0.1) is 0 Å². The zero-order chi connectivity index (χ0) is 30.5. The fourth-order valence-corrected chi connectivity index (χ4v) is 6.07. The first kappa shape index (κ1) is 30.4. The number of methoxy groups -OCH3 is 1.